The van der Waals surface area contributed by atoms with Gasteiger partial charge in [0.2, 0.25) is 5.88 Å². The van der Waals surface area contributed by atoms with Crippen LogP contribution in [0, 0.1) is 0 Å². The average Bonchev–Trinajstić information content (AvgIpc) is 3.21. The van der Waals surface area contributed by atoms with Gasteiger partial charge in [-0.05, 0) is 41.6 Å². The van der Waals surface area contributed by atoms with Gasteiger partial charge in [0.25, 0.3) is 0 Å². The third-order valence-electron chi connectivity index (χ3n) is 4.68. The lowest BCUT2D eigenvalue weighted by Crippen LogP contribution is -2.32. The van der Waals surface area contributed by atoms with E-state index in [4.69, 9.17) is 19.2 Å². The van der Waals surface area contributed by atoms with Crippen molar-refractivity contribution in [3.8, 4) is 17.4 Å². The minimum Gasteiger partial charge on any atom is -0.490 e. The van der Waals surface area contributed by atoms with E-state index in [-0.39, 0.29) is 0 Å². The first-order chi connectivity index (χ1) is 15.3. The molecule has 0 spiro atoms. The van der Waals surface area contributed by atoms with Crippen LogP contribution in [-0.2, 0) is 13.0 Å². The van der Waals surface area contributed by atoms with Gasteiger partial charge in [0.15, 0.2) is 17.5 Å². The molecule has 0 unspecified atom stereocenters. The Labute approximate surface area is 186 Å². The van der Waals surface area contributed by atoms with E-state index in [9.17, 15) is 0 Å². The summed E-state index contributed by atoms with van der Waals surface area (Å²) in [6.45, 7) is 2.60. The summed E-state index contributed by atoms with van der Waals surface area (Å²) in [6, 6.07) is 13.9. The second-order valence-corrected chi connectivity index (χ2v) is 8.00. The number of thiophene rings is 1. The first-order valence-corrected chi connectivity index (χ1v) is 11.1. The van der Waals surface area contributed by atoms with Gasteiger partial charge in [-0.3, -0.25) is 0 Å². The molecule has 1 aliphatic heterocycles. The largest absolute Gasteiger partial charge is 0.490 e. The molecule has 2 aromatic heterocycles. The Balaban J connectivity index is 1.47. The molecule has 2 N–H and O–H groups in total. The van der Waals surface area contributed by atoms with Crippen molar-refractivity contribution in [1.29, 1.82) is 0 Å². The molecular weight excluding hydrogens is 412 g/mol. The van der Waals surface area contributed by atoms with E-state index in [1.165, 1.54) is 4.88 Å². The molecule has 1 aromatic carbocycles. The molecule has 0 atom stereocenters. The molecule has 0 saturated heterocycles. The molecule has 0 aliphatic carbocycles. The topological polar surface area (TPSA) is 77.0 Å². The Morgan fingerprint density at radius 1 is 1.16 bits per heavy atom. The van der Waals surface area contributed by atoms with Gasteiger partial charge in [-0.1, -0.05) is 6.07 Å². The van der Waals surface area contributed by atoms with Gasteiger partial charge in [-0.15, -0.1) is 11.3 Å². The lowest BCUT2D eigenvalue weighted by atomic mass is 10.2. The van der Waals surface area contributed by atoms with Gasteiger partial charge in [0.05, 0.1) is 26.9 Å². The highest BCUT2D eigenvalue weighted by atomic mass is 32.1. The summed E-state index contributed by atoms with van der Waals surface area (Å²) in [5, 5.41) is 8.91. The number of fused-ring (bicyclic) bond motifs is 1. The molecule has 1 aliphatic rings. The highest BCUT2D eigenvalue weighted by Crippen LogP contribution is 2.32. The molecule has 0 amide bonds. The Hall–Kier alpha value is -3.26. The van der Waals surface area contributed by atoms with Crippen molar-refractivity contribution >= 4 is 23.0 Å². The van der Waals surface area contributed by atoms with E-state index in [1.807, 2.05) is 30.3 Å². The molecule has 3 heterocycles. The monoisotopic (exact) mass is 438 g/mol. The lowest BCUT2D eigenvalue weighted by Gasteiger charge is -2.14. The quantitative estimate of drug-likeness (QED) is 0.427. The molecule has 31 heavy (non-hydrogen) atoms. The van der Waals surface area contributed by atoms with Crippen LogP contribution in [0.1, 0.15) is 16.9 Å². The number of rotatable bonds is 7. The van der Waals surface area contributed by atoms with Crippen LogP contribution in [0.25, 0.3) is 0 Å². The smallest absolute Gasteiger partial charge is 0.213 e. The Morgan fingerprint density at radius 2 is 2.06 bits per heavy atom. The summed E-state index contributed by atoms with van der Waals surface area (Å²) in [5.74, 6) is 2.80. The number of hydrogen-bond acceptors (Lipinski definition) is 6. The third kappa shape index (κ3) is 6.11. The maximum Gasteiger partial charge on any atom is 0.213 e. The minimum atomic E-state index is 0.498. The average molecular weight is 439 g/mol. The first kappa shape index (κ1) is 21.0. The fourth-order valence-corrected chi connectivity index (χ4v) is 3.82. The maximum absolute atomic E-state index is 5.81. The molecule has 8 heteroatoms. The highest BCUT2D eigenvalue weighted by Gasteiger charge is 2.11. The van der Waals surface area contributed by atoms with Gasteiger partial charge in [-0.25, -0.2) is 9.98 Å². The minimum absolute atomic E-state index is 0.498. The van der Waals surface area contributed by atoms with Gasteiger partial charge >= 0.3 is 0 Å². The molecule has 3 aromatic rings. The van der Waals surface area contributed by atoms with Gasteiger partial charge in [0, 0.05) is 41.9 Å². The molecule has 0 fully saturated rings. The van der Waals surface area contributed by atoms with Crippen molar-refractivity contribution in [3.63, 3.8) is 0 Å². The lowest BCUT2D eigenvalue weighted by molar-refractivity contribution is 0.297. The number of methoxy groups -OCH3 is 1. The van der Waals surface area contributed by atoms with E-state index in [0.29, 0.717) is 31.6 Å². The zero-order valence-corrected chi connectivity index (χ0v) is 18.3. The van der Waals surface area contributed by atoms with Gasteiger partial charge in [-0.2, -0.15) is 0 Å². The maximum atomic E-state index is 5.81. The van der Waals surface area contributed by atoms with Crippen LogP contribution >= 0.6 is 11.3 Å². The van der Waals surface area contributed by atoms with E-state index in [0.717, 1.165) is 42.1 Å². The van der Waals surface area contributed by atoms with Crippen LogP contribution in [0.5, 0.6) is 17.4 Å². The van der Waals surface area contributed by atoms with Crippen molar-refractivity contribution in [2.45, 2.75) is 19.4 Å². The van der Waals surface area contributed by atoms with Gasteiger partial charge < -0.3 is 24.8 Å². The molecule has 0 bridgehead atoms. The fourth-order valence-electron chi connectivity index (χ4n) is 3.11. The number of guanidine groups is 1. The van der Waals surface area contributed by atoms with Crippen LogP contribution in [-0.4, -0.2) is 37.8 Å². The Morgan fingerprint density at radius 3 is 2.90 bits per heavy atom. The van der Waals surface area contributed by atoms with Crippen molar-refractivity contribution in [3.05, 3.63) is 64.5 Å². The van der Waals surface area contributed by atoms with Crippen LogP contribution < -0.4 is 24.8 Å². The summed E-state index contributed by atoms with van der Waals surface area (Å²) in [6.07, 6.45) is 3.54. The summed E-state index contributed by atoms with van der Waals surface area (Å²) in [4.78, 5) is 10.2. The summed E-state index contributed by atoms with van der Waals surface area (Å²) < 4.78 is 16.7. The van der Waals surface area contributed by atoms with Crippen LogP contribution in [0.15, 0.2) is 59.0 Å². The molecule has 0 saturated carbocycles. The molecule has 0 radical (unpaired) electrons. The number of anilines is 1. The Kier molecular flexibility index (Phi) is 7.23. The van der Waals surface area contributed by atoms with E-state index < -0.39 is 0 Å². The summed E-state index contributed by atoms with van der Waals surface area (Å²) in [7, 11) is 1.61. The predicted octanol–water partition coefficient (Wildman–Crippen LogP) is 4.11. The normalized spacial score (nSPS) is 13.4. The summed E-state index contributed by atoms with van der Waals surface area (Å²) in [5.41, 5.74) is 1.91. The molecular formula is C23H26N4O3S. The van der Waals surface area contributed by atoms with E-state index in [2.05, 4.69) is 33.1 Å². The predicted molar refractivity (Wildman–Crippen MR) is 124 cm³/mol. The molecule has 162 valence electrons. The first-order valence-electron chi connectivity index (χ1n) is 10.3. The van der Waals surface area contributed by atoms with Gasteiger partial charge in [0.1, 0.15) is 0 Å². The SMILES string of the molecule is COc1cc(CN=C(NCCc2cccs2)Nc2ccc3c(c2)OCCCO3)ccn1. The van der Waals surface area contributed by atoms with E-state index >= 15 is 0 Å². The number of ether oxygens (including phenoxy) is 3. The molecule has 4 rings (SSSR count). The zero-order chi connectivity index (χ0) is 21.3. The number of nitrogens with zero attached hydrogens (tertiary/aromatic N) is 2. The number of hydrogen-bond donors (Lipinski definition) is 2. The van der Waals surface area contributed by atoms with Crippen molar-refractivity contribution in [2.75, 3.05) is 32.2 Å². The zero-order valence-electron chi connectivity index (χ0n) is 17.5. The summed E-state index contributed by atoms with van der Waals surface area (Å²) >= 11 is 1.76. The van der Waals surface area contributed by atoms with Crippen LogP contribution in [0.4, 0.5) is 5.69 Å². The molecule has 7 nitrogen and oxygen atoms in total. The highest BCUT2D eigenvalue weighted by molar-refractivity contribution is 7.09. The number of pyridine rings is 1. The van der Waals surface area contributed by atoms with E-state index in [1.54, 1.807) is 24.6 Å². The second-order valence-electron chi connectivity index (χ2n) is 6.96. The van der Waals surface area contributed by atoms with Crippen LogP contribution in [0.3, 0.4) is 0 Å². The third-order valence-corrected chi connectivity index (χ3v) is 5.62. The van der Waals surface area contributed by atoms with Crippen molar-refractivity contribution in [1.82, 2.24) is 10.3 Å². The fraction of sp³-hybridized carbons (Fsp3) is 0.304. The second kappa shape index (κ2) is 10.7. The van der Waals surface area contributed by atoms with Crippen molar-refractivity contribution in [2.24, 2.45) is 4.99 Å². The Bertz CT molecular complexity index is 1010. The standard InChI is InChI=1S/C23H26N4O3S/c1-28-22-14-17(7-9-24-22)16-26-23(25-10-8-19-4-2-13-31-19)27-18-5-6-20-21(15-18)30-12-3-11-29-20/h2,4-7,9,13-15H,3,8,10-12,16H2,1H3,(H2,25,26,27). The number of aliphatic imine (C=N–C) groups is 1. The van der Waals surface area contributed by atoms with Crippen LogP contribution in [0.2, 0.25) is 0 Å². The number of aromatic nitrogens is 1. The number of benzene rings is 1. The number of nitrogens with one attached hydrogen (secondary N) is 2. The van der Waals surface area contributed by atoms with Crippen molar-refractivity contribution < 1.29 is 14.2 Å².